The van der Waals surface area contributed by atoms with Crippen LogP contribution in [0.2, 0.25) is 0 Å². The first-order valence-corrected chi connectivity index (χ1v) is 7.47. The quantitative estimate of drug-likeness (QED) is 0.451. The van der Waals surface area contributed by atoms with E-state index < -0.39 is 0 Å². The van der Waals surface area contributed by atoms with Gasteiger partial charge in [0.1, 0.15) is 0 Å². The van der Waals surface area contributed by atoms with Crippen molar-refractivity contribution in [3.63, 3.8) is 0 Å². The van der Waals surface area contributed by atoms with E-state index in [-0.39, 0.29) is 0 Å². The molecule has 2 aromatic heterocycles. The Kier molecular flexibility index (Phi) is 2.57. The number of aromatic nitrogens is 1. The van der Waals surface area contributed by atoms with Crippen LogP contribution >= 0.6 is 11.3 Å². The standard InChI is InChI=1S/C18H13NS/c1-12-6-8-16(19-11-12)13-7-9-18-15(10-13)14-4-2-3-5-17(14)20-18/h2-11H,1H3. The van der Waals surface area contributed by atoms with Gasteiger partial charge in [-0.2, -0.15) is 0 Å². The second-order valence-corrected chi connectivity index (χ2v) is 6.11. The van der Waals surface area contributed by atoms with Crippen LogP contribution in [-0.4, -0.2) is 4.98 Å². The van der Waals surface area contributed by atoms with Crippen LogP contribution in [-0.2, 0) is 0 Å². The zero-order chi connectivity index (χ0) is 13.5. The van der Waals surface area contributed by atoms with Crippen molar-refractivity contribution in [2.75, 3.05) is 0 Å². The molecule has 2 heteroatoms. The number of nitrogens with zero attached hydrogens (tertiary/aromatic N) is 1. The topological polar surface area (TPSA) is 12.9 Å². The molecule has 0 unspecified atom stereocenters. The van der Waals surface area contributed by atoms with Crippen LogP contribution in [0.1, 0.15) is 5.56 Å². The molecule has 4 rings (SSSR count). The molecule has 2 aromatic carbocycles. The van der Waals surface area contributed by atoms with Gasteiger partial charge in [-0.25, -0.2) is 0 Å². The third-order valence-corrected chi connectivity index (χ3v) is 4.74. The van der Waals surface area contributed by atoms with Crippen LogP contribution in [0.15, 0.2) is 60.8 Å². The molecule has 1 nitrogen and oxygen atoms in total. The Morgan fingerprint density at radius 1 is 0.850 bits per heavy atom. The van der Waals surface area contributed by atoms with Crippen LogP contribution in [0, 0.1) is 6.92 Å². The smallest absolute Gasteiger partial charge is 0.0702 e. The fourth-order valence-corrected chi connectivity index (χ4v) is 3.61. The number of pyridine rings is 1. The van der Waals surface area contributed by atoms with Gasteiger partial charge in [0.2, 0.25) is 0 Å². The van der Waals surface area contributed by atoms with Crippen molar-refractivity contribution in [2.24, 2.45) is 0 Å². The number of fused-ring (bicyclic) bond motifs is 3. The van der Waals surface area contributed by atoms with Crippen molar-refractivity contribution in [1.29, 1.82) is 0 Å². The molecule has 0 saturated carbocycles. The van der Waals surface area contributed by atoms with Gasteiger partial charge in [-0.15, -0.1) is 11.3 Å². The third kappa shape index (κ3) is 1.81. The Labute approximate surface area is 121 Å². The minimum absolute atomic E-state index is 1.03. The summed E-state index contributed by atoms with van der Waals surface area (Å²) in [5.41, 5.74) is 3.41. The number of aryl methyl sites for hydroxylation is 1. The highest BCUT2D eigenvalue weighted by atomic mass is 32.1. The maximum atomic E-state index is 4.52. The van der Waals surface area contributed by atoms with E-state index in [1.165, 1.54) is 31.3 Å². The minimum atomic E-state index is 1.03. The second-order valence-electron chi connectivity index (χ2n) is 5.03. The fourth-order valence-electron chi connectivity index (χ4n) is 2.52. The highest BCUT2D eigenvalue weighted by Gasteiger charge is 2.06. The van der Waals surface area contributed by atoms with Gasteiger partial charge in [0, 0.05) is 31.9 Å². The molecule has 0 aliphatic carbocycles. The van der Waals surface area contributed by atoms with Gasteiger partial charge in [0.25, 0.3) is 0 Å². The number of hydrogen-bond acceptors (Lipinski definition) is 2. The summed E-state index contributed by atoms with van der Waals surface area (Å²) >= 11 is 1.85. The first kappa shape index (κ1) is 11.6. The van der Waals surface area contributed by atoms with Crippen LogP contribution in [0.5, 0.6) is 0 Å². The van der Waals surface area contributed by atoms with Gasteiger partial charge in [-0.1, -0.05) is 30.3 Å². The summed E-state index contributed by atoms with van der Waals surface area (Å²) in [7, 11) is 0. The van der Waals surface area contributed by atoms with E-state index in [2.05, 4.69) is 66.5 Å². The van der Waals surface area contributed by atoms with Crippen LogP contribution in [0.25, 0.3) is 31.4 Å². The number of rotatable bonds is 1. The zero-order valence-electron chi connectivity index (χ0n) is 11.1. The number of thiophene rings is 1. The average molecular weight is 275 g/mol. The zero-order valence-corrected chi connectivity index (χ0v) is 11.9. The van der Waals surface area contributed by atoms with Crippen LogP contribution in [0.3, 0.4) is 0 Å². The summed E-state index contributed by atoms with van der Waals surface area (Å²) in [6.07, 6.45) is 1.92. The van der Waals surface area contributed by atoms with Gasteiger partial charge in [0.05, 0.1) is 5.69 Å². The summed E-state index contributed by atoms with van der Waals surface area (Å²) in [5.74, 6) is 0. The summed E-state index contributed by atoms with van der Waals surface area (Å²) in [5, 5.41) is 2.66. The van der Waals surface area contributed by atoms with Crippen molar-refractivity contribution in [1.82, 2.24) is 4.98 Å². The highest BCUT2D eigenvalue weighted by Crippen LogP contribution is 2.35. The highest BCUT2D eigenvalue weighted by molar-refractivity contribution is 7.25. The molecule has 0 N–H and O–H groups in total. The van der Waals surface area contributed by atoms with E-state index in [0.717, 1.165) is 5.69 Å². The Bertz CT molecular complexity index is 904. The SMILES string of the molecule is Cc1ccc(-c2ccc3sc4ccccc4c3c2)nc1. The lowest BCUT2D eigenvalue weighted by molar-refractivity contribution is 1.27. The predicted molar refractivity (Wildman–Crippen MR) is 87.3 cm³/mol. The molecule has 0 bridgehead atoms. The molecule has 0 atom stereocenters. The summed E-state index contributed by atoms with van der Waals surface area (Å²) in [6.45, 7) is 2.06. The molecule has 0 aliphatic heterocycles. The van der Waals surface area contributed by atoms with Gasteiger partial charge >= 0.3 is 0 Å². The monoisotopic (exact) mass is 275 g/mol. The molecular formula is C18H13NS. The largest absolute Gasteiger partial charge is 0.256 e. The molecule has 0 aliphatic rings. The maximum Gasteiger partial charge on any atom is 0.0702 e. The molecule has 0 fully saturated rings. The summed E-state index contributed by atoms with van der Waals surface area (Å²) in [4.78, 5) is 4.52. The lowest BCUT2D eigenvalue weighted by Crippen LogP contribution is -1.83. The Morgan fingerprint density at radius 2 is 1.70 bits per heavy atom. The van der Waals surface area contributed by atoms with E-state index in [1.54, 1.807) is 0 Å². The van der Waals surface area contributed by atoms with Gasteiger partial charge < -0.3 is 0 Å². The van der Waals surface area contributed by atoms with Crippen molar-refractivity contribution in [3.8, 4) is 11.3 Å². The predicted octanol–water partition coefficient (Wildman–Crippen LogP) is 5.42. The Morgan fingerprint density at radius 3 is 2.55 bits per heavy atom. The van der Waals surface area contributed by atoms with Crippen LogP contribution in [0.4, 0.5) is 0 Å². The number of hydrogen-bond donors (Lipinski definition) is 0. The van der Waals surface area contributed by atoms with Gasteiger partial charge in [-0.3, -0.25) is 4.98 Å². The first-order chi connectivity index (χ1) is 9.81. The lowest BCUT2D eigenvalue weighted by Gasteiger charge is -2.02. The number of benzene rings is 2. The van der Waals surface area contributed by atoms with Gasteiger partial charge in [0.15, 0.2) is 0 Å². The van der Waals surface area contributed by atoms with E-state index in [4.69, 9.17) is 0 Å². The fraction of sp³-hybridized carbons (Fsp3) is 0.0556. The molecule has 20 heavy (non-hydrogen) atoms. The third-order valence-electron chi connectivity index (χ3n) is 3.58. The Hall–Kier alpha value is -2.19. The normalized spacial score (nSPS) is 11.2. The van der Waals surface area contributed by atoms with E-state index in [0.29, 0.717) is 0 Å². The molecule has 0 radical (unpaired) electrons. The van der Waals surface area contributed by atoms with E-state index in [9.17, 15) is 0 Å². The van der Waals surface area contributed by atoms with E-state index in [1.807, 2.05) is 17.5 Å². The van der Waals surface area contributed by atoms with E-state index >= 15 is 0 Å². The van der Waals surface area contributed by atoms with Crippen molar-refractivity contribution >= 4 is 31.5 Å². The molecule has 0 saturated heterocycles. The van der Waals surface area contributed by atoms with Crippen molar-refractivity contribution < 1.29 is 0 Å². The molecule has 2 heterocycles. The molecular weight excluding hydrogens is 262 g/mol. The van der Waals surface area contributed by atoms with Crippen molar-refractivity contribution in [3.05, 3.63) is 66.4 Å². The second kappa shape index (κ2) is 4.43. The summed E-state index contributed by atoms with van der Waals surface area (Å²) < 4.78 is 2.68. The Balaban J connectivity index is 1.97. The molecule has 96 valence electrons. The molecule has 0 amide bonds. The van der Waals surface area contributed by atoms with Gasteiger partial charge in [-0.05, 0) is 36.8 Å². The molecule has 0 spiro atoms. The van der Waals surface area contributed by atoms with Crippen LogP contribution < -0.4 is 0 Å². The molecule has 4 aromatic rings. The lowest BCUT2D eigenvalue weighted by atomic mass is 10.1. The summed E-state index contributed by atoms with van der Waals surface area (Å²) in [6, 6.07) is 19.4. The van der Waals surface area contributed by atoms with Crippen molar-refractivity contribution in [2.45, 2.75) is 6.92 Å². The first-order valence-electron chi connectivity index (χ1n) is 6.65. The average Bonchev–Trinajstić information content (AvgIpc) is 2.86. The minimum Gasteiger partial charge on any atom is -0.256 e. The maximum absolute atomic E-state index is 4.52.